The number of nitrogens with zero attached hydrogens (tertiary/aromatic N) is 1. The molecule has 1 amide bonds. The van der Waals surface area contributed by atoms with Gasteiger partial charge in [-0.2, -0.15) is 0 Å². The Bertz CT molecular complexity index is 546. The van der Waals surface area contributed by atoms with E-state index < -0.39 is 0 Å². The lowest BCUT2D eigenvalue weighted by Crippen LogP contribution is -2.25. The van der Waals surface area contributed by atoms with E-state index in [0.29, 0.717) is 12.2 Å². The molecule has 18 heavy (non-hydrogen) atoms. The van der Waals surface area contributed by atoms with Crippen molar-refractivity contribution in [3.8, 4) is 0 Å². The highest BCUT2D eigenvalue weighted by Gasteiger charge is 2.10. The van der Waals surface area contributed by atoms with Gasteiger partial charge in [-0.1, -0.05) is 29.4 Å². The third-order valence-corrected chi connectivity index (χ3v) is 2.79. The Morgan fingerprint density at radius 2 is 2.11 bits per heavy atom. The van der Waals surface area contributed by atoms with E-state index in [4.69, 9.17) is 4.52 Å². The van der Waals surface area contributed by atoms with Crippen LogP contribution < -0.4 is 5.32 Å². The average molecular weight is 244 g/mol. The third-order valence-electron chi connectivity index (χ3n) is 2.79. The molecule has 4 nitrogen and oxygen atoms in total. The molecule has 0 unspecified atom stereocenters. The first-order chi connectivity index (χ1) is 8.66. The zero-order valence-electron chi connectivity index (χ0n) is 10.6. The van der Waals surface area contributed by atoms with Crippen LogP contribution in [0.4, 0.5) is 0 Å². The molecular weight excluding hydrogens is 228 g/mol. The summed E-state index contributed by atoms with van der Waals surface area (Å²) in [7, 11) is 0. The van der Waals surface area contributed by atoms with Gasteiger partial charge in [0.15, 0.2) is 0 Å². The van der Waals surface area contributed by atoms with Gasteiger partial charge in [0.05, 0.1) is 5.69 Å². The van der Waals surface area contributed by atoms with Crippen molar-refractivity contribution in [1.82, 2.24) is 10.5 Å². The topological polar surface area (TPSA) is 55.1 Å². The lowest BCUT2D eigenvalue weighted by molar-refractivity contribution is 0.0917. The molecule has 0 saturated carbocycles. The van der Waals surface area contributed by atoms with Crippen LogP contribution in [-0.4, -0.2) is 17.6 Å². The molecule has 0 atom stereocenters. The van der Waals surface area contributed by atoms with Crippen LogP contribution in [-0.2, 0) is 6.42 Å². The van der Waals surface area contributed by atoms with Gasteiger partial charge in [-0.05, 0) is 31.4 Å². The summed E-state index contributed by atoms with van der Waals surface area (Å²) in [6, 6.07) is 9.78. The Morgan fingerprint density at radius 1 is 1.33 bits per heavy atom. The van der Waals surface area contributed by atoms with Crippen molar-refractivity contribution in [1.29, 1.82) is 0 Å². The van der Waals surface area contributed by atoms with Gasteiger partial charge >= 0.3 is 0 Å². The number of rotatable bonds is 4. The molecule has 2 rings (SSSR count). The van der Waals surface area contributed by atoms with Gasteiger partial charge < -0.3 is 9.84 Å². The molecule has 1 aromatic carbocycles. The second-order valence-electron chi connectivity index (χ2n) is 4.26. The first-order valence-electron chi connectivity index (χ1n) is 5.93. The van der Waals surface area contributed by atoms with Crippen LogP contribution in [0.5, 0.6) is 0 Å². The van der Waals surface area contributed by atoms with Gasteiger partial charge in [0, 0.05) is 12.6 Å². The van der Waals surface area contributed by atoms with E-state index in [1.807, 2.05) is 12.1 Å². The largest absolute Gasteiger partial charge is 0.351 e. The van der Waals surface area contributed by atoms with E-state index in [2.05, 4.69) is 29.5 Å². The van der Waals surface area contributed by atoms with Gasteiger partial charge in [0.25, 0.3) is 5.91 Å². The Balaban J connectivity index is 1.86. The van der Waals surface area contributed by atoms with E-state index in [-0.39, 0.29) is 11.7 Å². The van der Waals surface area contributed by atoms with Crippen molar-refractivity contribution in [2.75, 3.05) is 6.54 Å². The van der Waals surface area contributed by atoms with Crippen LogP contribution in [0.1, 0.15) is 27.4 Å². The number of carbonyl (C=O) groups is 1. The molecule has 1 heterocycles. The monoisotopic (exact) mass is 244 g/mol. The third kappa shape index (κ3) is 2.97. The number of benzene rings is 1. The summed E-state index contributed by atoms with van der Waals surface area (Å²) in [4.78, 5) is 11.7. The Kier molecular flexibility index (Phi) is 3.77. The number of carbonyl (C=O) groups excluding carboxylic acids is 1. The van der Waals surface area contributed by atoms with Gasteiger partial charge in [-0.15, -0.1) is 0 Å². The van der Waals surface area contributed by atoms with E-state index in [9.17, 15) is 4.79 Å². The number of hydrogen-bond donors (Lipinski definition) is 1. The second-order valence-corrected chi connectivity index (χ2v) is 4.26. The number of nitrogens with one attached hydrogen (secondary N) is 1. The van der Waals surface area contributed by atoms with Crippen LogP contribution in [0.15, 0.2) is 34.9 Å². The fourth-order valence-electron chi connectivity index (χ4n) is 1.76. The van der Waals surface area contributed by atoms with Gasteiger partial charge in [-0.3, -0.25) is 4.79 Å². The lowest BCUT2D eigenvalue weighted by Gasteiger charge is -2.05. The minimum absolute atomic E-state index is 0.218. The van der Waals surface area contributed by atoms with Gasteiger partial charge in [0.1, 0.15) is 0 Å². The van der Waals surface area contributed by atoms with E-state index in [1.165, 1.54) is 11.1 Å². The first kappa shape index (κ1) is 12.4. The fraction of sp³-hybridized carbons (Fsp3) is 0.286. The summed E-state index contributed by atoms with van der Waals surface area (Å²) in [6.45, 7) is 4.44. The molecule has 0 bridgehead atoms. The average Bonchev–Trinajstić information content (AvgIpc) is 2.78. The molecule has 0 aliphatic heterocycles. The standard InChI is InChI=1S/C14H16N2O2/c1-10-5-3-4-6-12(10)7-8-15-14(17)13-9-11(2)16-18-13/h3-6,9H,7-8H2,1-2H3,(H,15,17). The molecule has 1 aromatic heterocycles. The highest BCUT2D eigenvalue weighted by Crippen LogP contribution is 2.07. The molecule has 0 fully saturated rings. The number of aromatic nitrogens is 1. The molecule has 0 spiro atoms. The normalized spacial score (nSPS) is 10.3. The Hall–Kier alpha value is -2.10. The molecule has 0 aliphatic rings. The molecule has 0 aliphatic carbocycles. The lowest BCUT2D eigenvalue weighted by atomic mass is 10.1. The van der Waals surface area contributed by atoms with Crippen LogP contribution in [0.3, 0.4) is 0 Å². The summed E-state index contributed by atoms with van der Waals surface area (Å²) in [5.74, 6) is 0.0430. The highest BCUT2D eigenvalue weighted by atomic mass is 16.5. The van der Waals surface area contributed by atoms with Crippen LogP contribution in [0, 0.1) is 13.8 Å². The molecular formula is C14H16N2O2. The van der Waals surface area contributed by atoms with E-state index in [0.717, 1.165) is 6.42 Å². The molecule has 0 radical (unpaired) electrons. The minimum Gasteiger partial charge on any atom is -0.351 e. The van der Waals surface area contributed by atoms with Crippen LogP contribution in [0.2, 0.25) is 0 Å². The predicted octanol–water partition coefficient (Wildman–Crippen LogP) is 2.26. The summed E-state index contributed by atoms with van der Waals surface area (Å²) in [5.41, 5.74) is 3.19. The second kappa shape index (κ2) is 5.49. The quantitative estimate of drug-likeness (QED) is 0.897. The highest BCUT2D eigenvalue weighted by molar-refractivity contribution is 5.91. The van der Waals surface area contributed by atoms with Gasteiger partial charge in [-0.25, -0.2) is 0 Å². The SMILES string of the molecule is Cc1cc(C(=O)NCCc2ccccc2C)on1. The Labute approximate surface area is 106 Å². The van der Waals surface area contributed by atoms with E-state index in [1.54, 1.807) is 13.0 Å². The van der Waals surface area contributed by atoms with Crippen molar-refractivity contribution in [2.45, 2.75) is 20.3 Å². The van der Waals surface area contributed by atoms with E-state index >= 15 is 0 Å². The maximum atomic E-state index is 11.7. The van der Waals surface area contributed by atoms with Crippen molar-refractivity contribution in [3.63, 3.8) is 0 Å². The molecule has 4 heteroatoms. The summed E-state index contributed by atoms with van der Waals surface area (Å²) >= 11 is 0. The zero-order valence-corrected chi connectivity index (χ0v) is 10.6. The molecule has 0 saturated heterocycles. The smallest absolute Gasteiger partial charge is 0.289 e. The molecule has 1 N–H and O–H groups in total. The minimum atomic E-state index is -0.218. The predicted molar refractivity (Wildman–Crippen MR) is 68.5 cm³/mol. The number of amides is 1. The number of hydrogen-bond acceptors (Lipinski definition) is 3. The first-order valence-corrected chi connectivity index (χ1v) is 5.93. The zero-order chi connectivity index (χ0) is 13.0. The number of aryl methyl sites for hydroxylation is 2. The van der Waals surface area contributed by atoms with Crippen molar-refractivity contribution in [2.24, 2.45) is 0 Å². The van der Waals surface area contributed by atoms with Crippen LogP contribution >= 0.6 is 0 Å². The maximum Gasteiger partial charge on any atom is 0.289 e. The molecule has 94 valence electrons. The van der Waals surface area contributed by atoms with Gasteiger partial charge in [0.2, 0.25) is 5.76 Å². The van der Waals surface area contributed by atoms with Crippen molar-refractivity contribution >= 4 is 5.91 Å². The summed E-state index contributed by atoms with van der Waals surface area (Å²) in [6.07, 6.45) is 0.811. The van der Waals surface area contributed by atoms with Crippen molar-refractivity contribution in [3.05, 3.63) is 52.9 Å². The van der Waals surface area contributed by atoms with Crippen LogP contribution in [0.25, 0.3) is 0 Å². The Morgan fingerprint density at radius 3 is 2.78 bits per heavy atom. The molecule has 2 aromatic rings. The maximum absolute atomic E-state index is 11.7. The summed E-state index contributed by atoms with van der Waals surface area (Å²) in [5, 5.41) is 6.50. The summed E-state index contributed by atoms with van der Waals surface area (Å²) < 4.78 is 4.89. The fourth-order valence-corrected chi connectivity index (χ4v) is 1.76. The van der Waals surface area contributed by atoms with Crippen molar-refractivity contribution < 1.29 is 9.32 Å².